The molecule has 0 amide bonds. The van der Waals surface area contributed by atoms with Crippen LogP contribution in [0.4, 0.5) is 5.82 Å². The molecule has 2 N–H and O–H groups in total. The van der Waals surface area contributed by atoms with E-state index in [2.05, 4.69) is 51.2 Å². The van der Waals surface area contributed by atoms with Gasteiger partial charge in [-0.1, -0.05) is 32.4 Å². The van der Waals surface area contributed by atoms with Gasteiger partial charge in [0.2, 0.25) is 0 Å². The van der Waals surface area contributed by atoms with E-state index in [0.29, 0.717) is 5.15 Å². The van der Waals surface area contributed by atoms with Crippen molar-refractivity contribution in [3.05, 3.63) is 28.7 Å². The van der Waals surface area contributed by atoms with Gasteiger partial charge in [0.1, 0.15) is 28.9 Å². The highest BCUT2D eigenvalue weighted by Gasteiger charge is 2.20. The van der Waals surface area contributed by atoms with Crippen LogP contribution in [0.25, 0.3) is 0 Å². The van der Waals surface area contributed by atoms with E-state index < -0.39 is 0 Å². The summed E-state index contributed by atoms with van der Waals surface area (Å²) >= 11 is 6.20. The summed E-state index contributed by atoms with van der Waals surface area (Å²) in [5.41, 5.74) is 0.748. The van der Waals surface area contributed by atoms with Gasteiger partial charge >= 0.3 is 0 Å². The number of nitrogens with zero attached hydrogens (tertiary/aromatic N) is 4. The van der Waals surface area contributed by atoms with Crippen LogP contribution < -0.4 is 5.32 Å². The summed E-state index contributed by atoms with van der Waals surface area (Å²) in [5.74, 6) is 2.44. The molecule has 0 aliphatic heterocycles. The number of rotatable bonds is 5. The van der Waals surface area contributed by atoms with E-state index in [9.17, 15) is 0 Å². The average Bonchev–Trinajstić information content (AvgIpc) is 2.91. The molecule has 0 aliphatic rings. The lowest BCUT2D eigenvalue weighted by Gasteiger charge is -2.19. The molecule has 0 bridgehead atoms. The third-order valence-corrected chi connectivity index (χ3v) is 3.47. The Hall–Kier alpha value is -1.69. The zero-order chi connectivity index (χ0) is 15.5. The molecule has 7 heteroatoms. The Labute approximate surface area is 129 Å². The van der Waals surface area contributed by atoms with E-state index in [-0.39, 0.29) is 5.41 Å². The number of H-pyrrole nitrogens is 1. The molecule has 0 atom stereocenters. The van der Waals surface area contributed by atoms with Crippen LogP contribution in [0.2, 0.25) is 5.15 Å². The first kappa shape index (κ1) is 15.7. The quantitative estimate of drug-likeness (QED) is 0.656. The van der Waals surface area contributed by atoms with E-state index in [1.165, 1.54) is 6.33 Å². The Bertz CT molecular complexity index is 588. The Balaban J connectivity index is 2.00. The lowest BCUT2D eigenvalue weighted by atomic mass is 9.95. The van der Waals surface area contributed by atoms with Crippen LogP contribution in [0.1, 0.15) is 44.4 Å². The third kappa shape index (κ3) is 4.14. The zero-order valence-electron chi connectivity index (χ0n) is 12.9. The Morgan fingerprint density at radius 2 is 2.05 bits per heavy atom. The molecule has 21 heavy (non-hydrogen) atoms. The standard InChI is InChI=1S/C14H21ClN6/c1-9-11(15)19-13(14(2,3)4)20-12(9)16-7-5-6-10-17-8-18-21-10/h8H,5-7H2,1-4H3,(H,16,19,20)(H,17,18,21). The van der Waals surface area contributed by atoms with Crippen LogP contribution in [0, 0.1) is 6.92 Å². The minimum atomic E-state index is -0.131. The summed E-state index contributed by atoms with van der Waals surface area (Å²) in [6.45, 7) is 8.93. The number of aromatic nitrogens is 5. The molecule has 6 nitrogen and oxygen atoms in total. The molecule has 0 aromatic carbocycles. The molecule has 2 heterocycles. The summed E-state index contributed by atoms with van der Waals surface area (Å²) in [6.07, 6.45) is 3.30. The predicted molar refractivity (Wildman–Crippen MR) is 83.7 cm³/mol. The first-order valence-electron chi connectivity index (χ1n) is 7.00. The largest absolute Gasteiger partial charge is 0.370 e. The number of halogens is 1. The SMILES string of the molecule is Cc1c(Cl)nc(C(C)(C)C)nc1NCCCc1ncn[nH]1. The van der Waals surface area contributed by atoms with E-state index in [1.54, 1.807) is 0 Å². The highest BCUT2D eigenvalue weighted by molar-refractivity contribution is 6.30. The lowest BCUT2D eigenvalue weighted by molar-refractivity contribution is 0.545. The summed E-state index contributed by atoms with van der Waals surface area (Å²) in [5, 5.41) is 10.5. The van der Waals surface area contributed by atoms with Gasteiger partial charge in [-0.25, -0.2) is 15.0 Å². The van der Waals surface area contributed by atoms with Crippen molar-refractivity contribution in [2.24, 2.45) is 0 Å². The van der Waals surface area contributed by atoms with Gasteiger partial charge in [-0.15, -0.1) is 0 Å². The Morgan fingerprint density at radius 3 is 2.67 bits per heavy atom. The number of anilines is 1. The molecule has 0 fully saturated rings. The second-order valence-corrected chi connectivity index (χ2v) is 6.38. The van der Waals surface area contributed by atoms with Gasteiger partial charge in [-0.2, -0.15) is 5.10 Å². The summed E-state index contributed by atoms with van der Waals surface area (Å²) in [7, 11) is 0. The van der Waals surface area contributed by atoms with Gasteiger partial charge in [0.25, 0.3) is 0 Å². The highest BCUT2D eigenvalue weighted by atomic mass is 35.5. The van der Waals surface area contributed by atoms with Crippen LogP contribution >= 0.6 is 11.6 Å². The molecule has 0 spiro atoms. The summed E-state index contributed by atoms with van der Waals surface area (Å²) < 4.78 is 0. The minimum absolute atomic E-state index is 0.131. The smallest absolute Gasteiger partial charge is 0.137 e. The number of hydrogen-bond acceptors (Lipinski definition) is 5. The zero-order valence-corrected chi connectivity index (χ0v) is 13.6. The molecule has 0 aliphatic carbocycles. The van der Waals surface area contributed by atoms with Crippen LogP contribution in [0.15, 0.2) is 6.33 Å². The fraction of sp³-hybridized carbons (Fsp3) is 0.571. The van der Waals surface area contributed by atoms with Crippen molar-refractivity contribution in [1.29, 1.82) is 0 Å². The van der Waals surface area contributed by atoms with Gasteiger partial charge < -0.3 is 5.32 Å². The fourth-order valence-corrected chi connectivity index (χ4v) is 1.98. The molecule has 0 radical (unpaired) electrons. The van der Waals surface area contributed by atoms with Crippen molar-refractivity contribution in [3.63, 3.8) is 0 Å². The number of aromatic amines is 1. The van der Waals surface area contributed by atoms with E-state index in [1.807, 2.05) is 6.92 Å². The topological polar surface area (TPSA) is 79.4 Å². The highest BCUT2D eigenvalue weighted by Crippen LogP contribution is 2.25. The average molecular weight is 309 g/mol. The molecule has 0 saturated heterocycles. The predicted octanol–water partition coefficient (Wildman–Crippen LogP) is 2.90. The molecule has 0 unspecified atom stereocenters. The maximum Gasteiger partial charge on any atom is 0.137 e. The maximum atomic E-state index is 6.20. The van der Waals surface area contributed by atoms with Crippen molar-refractivity contribution in [3.8, 4) is 0 Å². The second kappa shape index (κ2) is 6.39. The van der Waals surface area contributed by atoms with Crippen molar-refractivity contribution >= 4 is 17.4 Å². The third-order valence-electron chi connectivity index (χ3n) is 3.10. The molecule has 2 rings (SSSR count). The van der Waals surface area contributed by atoms with Gasteiger partial charge in [0, 0.05) is 23.9 Å². The van der Waals surface area contributed by atoms with E-state index >= 15 is 0 Å². The first-order valence-corrected chi connectivity index (χ1v) is 7.38. The molecular formula is C14H21ClN6. The van der Waals surface area contributed by atoms with Gasteiger partial charge in [0.15, 0.2) is 0 Å². The van der Waals surface area contributed by atoms with Crippen molar-refractivity contribution in [1.82, 2.24) is 25.1 Å². The summed E-state index contributed by atoms with van der Waals surface area (Å²) in [6, 6.07) is 0. The maximum absolute atomic E-state index is 6.20. The van der Waals surface area contributed by atoms with Gasteiger partial charge in [0.05, 0.1) is 0 Å². The number of aryl methyl sites for hydroxylation is 1. The van der Waals surface area contributed by atoms with Gasteiger partial charge in [-0.05, 0) is 13.3 Å². The number of hydrogen-bond donors (Lipinski definition) is 2. The monoisotopic (exact) mass is 308 g/mol. The van der Waals surface area contributed by atoms with E-state index in [4.69, 9.17) is 11.6 Å². The molecule has 114 valence electrons. The van der Waals surface area contributed by atoms with Crippen molar-refractivity contribution in [2.45, 2.75) is 46.0 Å². The lowest BCUT2D eigenvalue weighted by Crippen LogP contribution is -2.18. The summed E-state index contributed by atoms with van der Waals surface area (Å²) in [4.78, 5) is 13.1. The molecule has 0 saturated carbocycles. The minimum Gasteiger partial charge on any atom is -0.370 e. The van der Waals surface area contributed by atoms with E-state index in [0.717, 1.165) is 42.4 Å². The second-order valence-electron chi connectivity index (χ2n) is 6.02. The fourth-order valence-electron chi connectivity index (χ4n) is 1.81. The number of nitrogens with one attached hydrogen (secondary N) is 2. The van der Waals surface area contributed by atoms with Crippen LogP contribution in [0.3, 0.4) is 0 Å². The van der Waals surface area contributed by atoms with Crippen molar-refractivity contribution < 1.29 is 0 Å². The Morgan fingerprint density at radius 1 is 1.29 bits per heavy atom. The first-order chi connectivity index (χ1) is 9.88. The van der Waals surface area contributed by atoms with Gasteiger partial charge in [-0.3, -0.25) is 5.10 Å². The normalized spacial score (nSPS) is 11.7. The Kier molecular flexibility index (Phi) is 4.77. The van der Waals surface area contributed by atoms with Crippen LogP contribution in [-0.4, -0.2) is 31.7 Å². The van der Waals surface area contributed by atoms with Crippen LogP contribution in [0.5, 0.6) is 0 Å². The molecular weight excluding hydrogens is 288 g/mol. The van der Waals surface area contributed by atoms with Crippen molar-refractivity contribution in [2.75, 3.05) is 11.9 Å². The molecule has 2 aromatic heterocycles. The van der Waals surface area contributed by atoms with Crippen LogP contribution in [-0.2, 0) is 11.8 Å². The molecule has 2 aromatic rings.